The predicted molar refractivity (Wildman–Crippen MR) is 147 cm³/mol. The van der Waals surface area contributed by atoms with Gasteiger partial charge < -0.3 is 10.8 Å². The molecule has 8 unspecified atom stereocenters. The highest BCUT2D eigenvalue weighted by atomic mass is 31.1. The average Bonchev–Trinajstić information content (AvgIpc) is 3.10. The van der Waals surface area contributed by atoms with Gasteiger partial charge in [0.15, 0.2) is 0 Å². The number of rotatable bonds is 3. The average molecular weight is 478 g/mol. The number of Topliss-reactive ketones (excluding diaryl/α,β-unsaturated/α-hetero) is 1. The molecule has 0 aromatic heterocycles. The number of ketones is 1. The molecule has 5 aliphatic rings. The van der Waals surface area contributed by atoms with Gasteiger partial charge in [-0.25, -0.2) is 0 Å². The number of aliphatic hydroxyl groups is 1. The fraction of sp³-hybridized carbons (Fsp3) is 0.759. The maximum atomic E-state index is 12.7. The minimum Gasteiger partial charge on any atom is -0.389 e. The van der Waals surface area contributed by atoms with Crippen LogP contribution in [-0.4, -0.2) is 35.9 Å². The third-order valence-electron chi connectivity index (χ3n) is 9.66. The van der Waals surface area contributed by atoms with Crippen molar-refractivity contribution in [1.82, 2.24) is 0 Å². The summed E-state index contributed by atoms with van der Waals surface area (Å²) in [5.41, 5.74) is 5.21. The molecule has 3 nitrogen and oxygen atoms in total. The van der Waals surface area contributed by atoms with E-state index in [2.05, 4.69) is 53.1 Å². The van der Waals surface area contributed by atoms with Crippen molar-refractivity contribution < 1.29 is 9.90 Å². The number of hydrogen-bond donors (Lipinski definition) is 2. The summed E-state index contributed by atoms with van der Waals surface area (Å²) in [4.78, 5) is 12.7. The van der Waals surface area contributed by atoms with E-state index in [4.69, 9.17) is 5.73 Å². The van der Waals surface area contributed by atoms with Gasteiger partial charge >= 0.3 is 0 Å². The summed E-state index contributed by atoms with van der Waals surface area (Å²) in [5, 5.41) is 10.8. The van der Waals surface area contributed by atoms with E-state index >= 15 is 0 Å². The van der Waals surface area contributed by atoms with Crippen molar-refractivity contribution in [1.29, 1.82) is 0 Å². The molecule has 5 aliphatic carbocycles. The van der Waals surface area contributed by atoms with Crippen LogP contribution in [0, 0.1) is 40.4 Å². The van der Waals surface area contributed by atoms with Crippen molar-refractivity contribution in [3.63, 3.8) is 0 Å². The molecule has 0 aliphatic heterocycles. The van der Waals surface area contributed by atoms with Crippen LogP contribution in [0.1, 0.15) is 71.6 Å². The van der Waals surface area contributed by atoms with Crippen LogP contribution in [0.2, 0.25) is 0 Å². The molecule has 5 saturated carbocycles. The van der Waals surface area contributed by atoms with Gasteiger partial charge in [0, 0.05) is 17.5 Å². The highest BCUT2D eigenvalue weighted by Gasteiger charge is 2.76. The fourth-order valence-corrected chi connectivity index (χ4v) is 9.17. The Morgan fingerprint density at radius 2 is 1.48 bits per heavy atom. The maximum absolute atomic E-state index is 12.7. The first kappa shape index (κ1) is 30.3. The SMILES string of the molecule is C=C.C=C.C=C.CCN.CPCC(=O)C1CCC2C3CCC45C[C@@]4(O)CCC5C3CCC12C. The number of fused-ring (bicyclic) bond motifs is 4. The van der Waals surface area contributed by atoms with Gasteiger partial charge in [-0.15, -0.1) is 48.1 Å². The van der Waals surface area contributed by atoms with Crippen LogP contribution < -0.4 is 5.73 Å². The lowest BCUT2D eigenvalue weighted by atomic mass is 9.50. The maximum Gasteiger partial charge on any atom is 0.140 e. The fourth-order valence-electron chi connectivity index (χ4n) is 8.57. The molecule has 5 fully saturated rings. The van der Waals surface area contributed by atoms with Crippen LogP contribution in [0.25, 0.3) is 0 Å². The summed E-state index contributed by atoms with van der Waals surface area (Å²) in [5.74, 6) is 4.23. The molecule has 0 heterocycles. The van der Waals surface area contributed by atoms with E-state index in [9.17, 15) is 9.90 Å². The molecule has 5 rings (SSSR count). The van der Waals surface area contributed by atoms with Crippen LogP contribution in [0.5, 0.6) is 0 Å². The van der Waals surface area contributed by atoms with Gasteiger partial charge in [-0.3, -0.25) is 4.79 Å². The molecule has 0 amide bonds. The van der Waals surface area contributed by atoms with Crippen molar-refractivity contribution >= 4 is 14.4 Å². The zero-order valence-corrected chi connectivity index (χ0v) is 22.8. The standard InChI is InChI=1S/C21H33O2P.C2H7N.3C2H4/c1-19-8-5-14-13(15(19)3-4-17(19)18(22)11-24-2)6-9-20-12-21(20,23)10-7-16(14)20;1-2-3;3*1-2/h13-17,23-24H,3-12H2,1-2H3;2-3H2,1H3;3*1-2H2/t13?,14?,15?,16?,17?,19?,20?,21-;;;;/m0..../s1. The monoisotopic (exact) mass is 477 g/mol. The normalized spacial score (nSPS) is 43.2. The Hall–Kier alpha value is -0.760. The molecule has 0 aromatic carbocycles. The van der Waals surface area contributed by atoms with Crippen molar-refractivity contribution in [3.05, 3.63) is 39.5 Å². The summed E-state index contributed by atoms with van der Waals surface area (Å²) >= 11 is 0. The second kappa shape index (κ2) is 12.8. The van der Waals surface area contributed by atoms with Gasteiger partial charge in [0.1, 0.15) is 5.78 Å². The molecule has 33 heavy (non-hydrogen) atoms. The molecule has 9 atom stereocenters. The summed E-state index contributed by atoms with van der Waals surface area (Å²) in [6.07, 6.45) is 11.9. The van der Waals surface area contributed by atoms with Gasteiger partial charge in [0.05, 0.1) is 5.60 Å². The molecule has 190 valence electrons. The molecule has 0 aromatic rings. The summed E-state index contributed by atoms with van der Waals surface area (Å²) in [7, 11) is 0.775. The van der Waals surface area contributed by atoms with Crippen LogP contribution in [0.3, 0.4) is 0 Å². The summed E-state index contributed by atoms with van der Waals surface area (Å²) in [6.45, 7) is 25.3. The zero-order valence-electron chi connectivity index (χ0n) is 21.8. The number of carbonyl (C=O) groups is 1. The van der Waals surface area contributed by atoms with Gasteiger partial charge in [-0.2, -0.15) is 0 Å². The molecule has 1 spiro atoms. The van der Waals surface area contributed by atoms with Crippen LogP contribution in [-0.2, 0) is 4.79 Å². The minimum absolute atomic E-state index is 0.264. The van der Waals surface area contributed by atoms with E-state index in [0.29, 0.717) is 22.5 Å². The van der Waals surface area contributed by atoms with Crippen LogP contribution in [0.15, 0.2) is 39.5 Å². The largest absolute Gasteiger partial charge is 0.389 e. The van der Waals surface area contributed by atoms with Crippen molar-refractivity contribution in [2.75, 3.05) is 19.4 Å². The van der Waals surface area contributed by atoms with E-state index in [1.54, 1.807) is 0 Å². The van der Waals surface area contributed by atoms with Gasteiger partial charge in [0.2, 0.25) is 0 Å². The smallest absolute Gasteiger partial charge is 0.140 e. The number of carbonyl (C=O) groups excluding carboxylic acids is 1. The minimum atomic E-state index is -0.264. The first-order valence-electron chi connectivity index (χ1n) is 13.0. The lowest BCUT2D eigenvalue weighted by Crippen LogP contribution is -2.48. The quantitative estimate of drug-likeness (QED) is 0.355. The van der Waals surface area contributed by atoms with E-state index in [1.807, 2.05) is 6.92 Å². The van der Waals surface area contributed by atoms with Crippen LogP contribution >= 0.6 is 8.58 Å². The third kappa shape index (κ3) is 5.12. The Labute approximate surface area is 206 Å². The molecule has 0 saturated heterocycles. The van der Waals surface area contributed by atoms with Gasteiger partial charge in [-0.1, -0.05) is 13.8 Å². The van der Waals surface area contributed by atoms with Crippen molar-refractivity contribution in [2.45, 2.75) is 77.2 Å². The Morgan fingerprint density at radius 1 is 0.939 bits per heavy atom. The van der Waals surface area contributed by atoms with Crippen molar-refractivity contribution in [3.8, 4) is 0 Å². The Bertz CT molecular complexity index is 636. The predicted octanol–water partition coefficient (Wildman–Crippen LogP) is 6.62. The number of hydrogen-bond acceptors (Lipinski definition) is 3. The lowest BCUT2D eigenvalue weighted by molar-refractivity contribution is -0.127. The van der Waals surface area contributed by atoms with E-state index < -0.39 is 0 Å². The second-order valence-corrected chi connectivity index (χ2v) is 11.6. The molecule has 4 heteroatoms. The molecule has 0 radical (unpaired) electrons. The van der Waals surface area contributed by atoms with E-state index in [-0.39, 0.29) is 5.60 Å². The Morgan fingerprint density at radius 3 is 2.03 bits per heavy atom. The molecular weight excluding hydrogens is 425 g/mol. The van der Waals surface area contributed by atoms with Crippen LogP contribution in [0.4, 0.5) is 0 Å². The second-order valence-electron chi connectivity index (χ2n) is 10.6. The molecular formula is C29H52NO2P. The van der Waals surface area contributed by atoms with E-state index in [0.717, 1.165) is 64.2 Å². The van der Waals surface area contributed by atoms with Gasteiger partial charge in [0.25, 0.3) is 0 Å². The van der Waals surface area contributed by atoms with Gasteiger partial charge in [-0.05, 0) is 100 Å². The topological polar surface area (TPSA) is 63.3 Å². The first-order valence-corrected chi connectivity index (χ1v) is 14.7. The highest BCUT2D eigenvalue weighted by molar-refractivity contribution is 7.38. The van der Waals surface area contributed by atoms with E-state index in [1.165, 1.54) is 38.5 Å². The van der Waals surface area contributed by atoms with Crippen molar-refractivity contribution in [2.24, 2.45) is 46.2 Å². The zero-order chi connectivity index (χ0) is 25.4. The Kier molecular flexibility index (Phi) is 11.7. The highest BCUT2D eigenvalue weighted by Crippen LogP contribution is 2.78. The first-order chi connectivity index (χ1) is 15.9. The summed E-state index contributed by atoms with van der Waals surface area (Å²) < 4.78 is 0. The number of nitrogens with two attached hydrogens (primary N) is 1. The molecule has 0 bridgehead atoms. The molecule has 3 N–H and O–H groups in total. The lowest BCUT2D eigenvalue weighted by Gasteiger charge is -2.54. The Balaban J connectivity index is 0.000000540. The third-order valence-corrected chi connectivity index (χ3v) is 10.4. The summed E-state index contributed by atoms with van der Waals surface area (Å²) in [6, 6.07) is 0.